The Hall–Kier alpha value is -3.60. The Kier molecular flexibility index (Phi) is 6.38. The third-order valence-electron chi connectivity index (χ3n) is 6.46. The summed E-state index contributed by atoms with van der Waals surface area (Å²) in [5.41, 5.74) is 4.37. The van der Waals surface area contributed by atoms with Crippen LogP contribution < -0.4 is 4.90 Å². The lowest BCUT2D eigenvalue weighted by atomic mass is 9.74. The fourth-order valence-electron chi connectivity index (χ4n) is 4.94. The maximum atomic E-state index is 13.9. The molecule has 5 heteroatoms. The summed E-state index contributed by atoms with van der Waals surface area (Å²) in [4.78, 5) is 16.1. The molecular formula is C28H27FN4. The van der Waals surface area contributed by atoms with E-state index in [0.717, 1.165) is 41.2 Å². The van der Waals surface area contributed by atoms with Gasteiger partial charge in [0.05, 0.1) is 0 Å². The summed E-state index contributed by atoms with van der Waals surface area (Å²) < 4.78 is 13.9. The molecule has 1 atom stereocenters. The molecule has 5 rings (SSSR count). The minimum atomic E-state index is -0.237. The highest BCUT2D eigenvalue weighted by molar-refractivity contribution is 5.55. The van der Waals surface area contributed by atoms with Crippen LogP contribution in [0.1, 0.15) is 53.4 Å². The number of piperidine rings is 1. The molecule has 1 unspecified atom stereocenters. The molecule has 1 aliphatic rings. The van der Waals surface area contributed by atoms with Crippen molar-refractivity contribution in [2.24, 2.45) is 0 Å². The van der Waals surface area contributed by atoms with E-state index in [1.165, 1.54) is 19.3 Å². The van der Waals surface area contributed by atoms with Crippen LogP contribution in [0.5, 0.6) is 0 Å². The van der Waals surface area contributed by atoms with E-state index >= 15 is 0 Å². The van der Waals surface area contributed by atoms with Gasteiger partial charge in [0.2, 0.25) is 0 Å². The fraction of sp³-hybridized carbons (Fsp3) is 0.250. The zero-order valence-electron chi connectivity index (χ0n) is 18.5. The second kappa shape index (κ2) is 9.90. The fourth-order valence-corrected chi connectivity index (χ4v) is 4.94. The number of benzene rings is 1. The Balaban J connectivity index is 1.72. The maximum absolute atomic E-state index is 13.9. The van der Waals surface area contributed by atoms with E-state index in [4.69, 9.17) is 4.98 Å². The Morgan fingerprint density at radius 1 is 0.667 bits per heavy atom. The molecule has 166 valence electrons. The van der Waals surface area contributed by atoms with E-state index < -0.39 is 0 Å². The highest BCUT2D eigenvalue weighted by Crippen LogP contribution is 2.45. The van der Waals surface area contributed by atoms with E-state index in [1.807, 2.05) is 48.9 Å². The molecule has 0 spiro atoms. The van der Waals surface area contributed by atoms with Crippen LogP contribution >= 0.6 is 0 Å². The van der Waals surface area contributed by atoms with Gasteiger partial charge in [0.15, 0.2) is 0 Å². The van der Waals surface area contributed by atoms with Gasteiger partial charge in [-0.15, -0.1) is 0 Å². The summed E-state index contributed by atoms with van der Waals surface area (Å²) in [7, 11) is 0. The molecule has 0 saturated carbocycles. The van der Waals surface area contributed by atoms with Crippen molar-refractivity contribution in [1.82, 2.24) is 15.0 Å². The number of anilines is 1. The first-order chi connectivity index (χ1) is 16.3. The molecule has 0 amide bonds. The van der Waals surface area contributed by atoms with E-state index in [-0.39, 0.29) is 17.7 Å². The third-order valence-corrected chi connectivity index (χ3v) is 6.46. The van der Waals surface area contributed by atoms with Gasteiger partial charge in [-0.1, -0.05) is 30.3 Å². The SMILES string of the molecule is Fc1ccc(C(c2cccnc2N2CCCCC2)C(c2cccnc2)c2cccnc2)cc1. The predicted octanol–water partition coefficient (Wildman–Crippen LogP) is 5.97. The molecule has 0 bridgehead atoms. The molecule has 1 aliphatic heterocycles. The molecule has 1 aromatic carbocycles. The largest absolute Gasteiger partial charge is 0.356 e. The van der Waals surface area contributed by atoms with Crippen LogP contribution in [0.25, 0.3) is 0 Å². The molecule has 0 aliphatic carbocycles. The summed E-state index contributed by atoms with van der Waals surface area (Å²) >= 11 is 0. The second-order valence-corrected chi connectivity index (χ2v) is 8.54. The van der Waals surface area contributed by atoms with Crippen molar-refractivity contribution in [3.63, 3.8) is 0 Å². The molecule has 0 radical (unpaired) electrons. The van der Waals surface area contributed by atoms with Crippen LogP contribution in [0.15, 0.2) is 91.6 Å². The van der Waals surface area contributed by atoms with Crippen molar-refractivity contribution < 1.29 is 4.39 Å². The van der Waals surface area contributed by atoms with Crippen LogP contribution in [-0.2, 0) is 0 Å². The number of aromatic nitrogens is 3. The zero-order valence-corrected chi connectivity index (χ0v) is 18.5. The Morgan fingerprint density at radius 3 is 1.91 bits per heavy atom. The summed E-state index contributed by atoms with van der Waals surface area (Å²) in [5.74, 6) is 0.652. The van der Waals surface area contributed by atoms with E-state index in [1.54, 1.807) is 24.5 Å². The van der Waals surface area contributed by atoms with Gasteiger partial charge in [0.25, 0.3) is 0 Å². The molecule has 33 heavy (non-hydrogen) atoms. The molecule has 4 heterocycles. The topological polar surface area (TPSA) is 41.9 Å². The number of hydrogen-bond acceptors (Lipinski definition) is 4. The van der Waals surface area contributed by atoms with Gasteiger partial charge in [-0.3, -0.25) is 9.97 Å². The Morgan fingerprint density at radius 2 is 1.30 bits per heavy atom. The van der Waals surface area contributed by atoms with Crippen molar-refractivity contribution in [2.45, 2.75) is 31.1 Å². The highest BCUT2D eigenvalue weighted by Gasteiger charge is 2.32. The van der Waals surface area contributed by atoms with Gasteiger partial charge < -0.3 is 4.90 Å². The van der Waals surface area contributed by atoms with Crippen LogP contribution in [-0.4, -0.2) is 28.0 Å². The van der Waals surface area contributed by atoms with E-state index in [2.05, 4.69) is 33.1 Å². The van der Waals surface area contributed by atoms with Gasteiger partial charge >= 0.3 is 0 Å². The maximum Gasteiger partial charge on any atom is 0.132 e. The lowest BCUT2D eigenvalue weighted by molar-refractivity contribution is 0.567. The van der Waals surface area contributed by atoms with Gasteiger partial charge in [-0.2, -0.15) is 0 Å². The first kappa shape index (κ1) is 21.3. The highest BCUT2D eigenvalue weighted by atomic mass is 19.1. The lowest BCUT2D eigenvalue weighted by Gasteiger charge is -2.34. The van der Waals surface area contributed by atoms with E-state index in [0.29, 0.717) is 0 Å². The first-order valence-electron chi connectivity index (χ1n) is 11.6. The third kappa shape index (κ3) is 4.63. The summed E-state index contributed by atoms with van der Waals surface area (Å²) in [5, 5.41) is 0. The smallest absolute Gasteiger partial charge is 0.132 e. The van der Waals surface area contributed by atoms with Crippen molar-refractivity contribution in [3.05, 3.63) is 120 Å². The molecule has 1 fully saturated rings. The molecule has 0 N–H and O–H groups in total. The van der Waals surface area contributed by atoms with Gasteiger partial charge in [-0.05, 0) is 66.3 Å². The predicted molar refractivity (Wildman–Crippen MR) is 129 cm³/mol. The summed E-state index contributed by atoms with van der Waals surface area (Å²) in [6.45, 7) is 2.01. The molecule has 4 nitrogen and oxygen atoms in total. The number of pyridine rings is 3. The standard InChI is InChI=1S/C28H27FN4/c29-24-12-10-21(11-13-24)27(25-9-6-16-32-28(25)33-17-2-1-3-18-33)26(22-7-4-14-30-19-22)23-8-5-15-31-20-23/h4-16,19-20,26-27H,1-3,17-18H2. The monoisotopic (exact) mass is 438 g/mol. The zero-order chi connectivity index (χ0) is 22.5. The molecule has 3 aromatic heterocycles. The number of hydrogen-bond donors (Lipinski definition) is 0. The summed E-state index contributed by atoms with van der Waals surface area (Å²) in [6.07, 6.45) is 12.9. The molecule has 4 aromatic rings. The second-order valence-electron chi connectivity index (χ2n) is 8.54. The number of nitrogens with zero attached hydrogens (tertiary/aromatic N) is 4. The lowest BCUT2D eigenvalue weighted by Crippen LogP contribution is -2.32. The van der Waals surface area contributed by atoms with Crippen molar-refractivity contribution in [2.75, 3.05) is 18.0 Å². The van der Waals surface area contributed by atoms with Gasteiger partial charge in [0, 0.05) is 61.5 Å². The number of halogens is 1. The first-order valence-corrected chi connectivity index (χ1v) is 11.6. The van der Waals surface area contributed by atoms with E-state index in [9.17, 15) is 4.39 Å². The molecule has 1 saturated heterocycles. The van der Waals surface area contributed by atoms with Gasteiger partial charge in [-0.25, -0.2) is 9.37 Å². The average molecular weight is 439 g/mol. The van der Waals surface area contributed by atoms with Crippen molar-refractivity contribution >= 4 is 5.82 Å². The van der Waals surface area contributed by atoms with Crippen molar-refractivity contribution in [1.29, 1.82) is 0 Å². The van der Waals surface area contributed by atoms with Crippen LogP contribution in [0.4, 0.5) is 10.2 Å². The van der Waals surface area contributed by atoms with Crippen molar-refractivity contribution in [3.8, 4) is 0 Å². The minimum absolute atomic E-state index is 0.0504. The van der Waals surface area contributed by atoms with Crippen LogP contribution in [0.2, 0.25) is 0 Å². The van der Waals surface area contributed by atoms with Crippen LogP contribution in [0, 0.1) is 5.82 Å². The van der Waals surface area contributed by atoms with Crippen LogP contribution in [0.3, 0.4) is 0 Å². The normalized spacial score (nSPS) is 14.9. The average Bonchev–Trinajstić information content (AvgIpc) is 2.89. The Labute approximate surface area is 194 Å². The van der Waals surface area contributed by atoms with Gasteiger partial charge in [0.1, 0.15) is 11.6 Å². The quantitative estimate of drug-likeness (QED) is 0.372. The number of rotatable bonds is 6. The summed E-state index contributed by atoms with van der Waals surface area (Å²) in [6, 6.07) is 19.2. The molecular weight excluding hydrogens is 411 g/mol. The Bertz CT molecular complexity index is 1120. The minimum Gasteiger partial charge on any atom is -0.356 e.